The Morgan fingerprint density at radius 3 is 2.78 bits per heavy atom. The third kappa shape index (κ3) is 4.37. The van der Waals surface area contributed by atoms with Crippen LogP contribution in [-0.4, -0.2) is 30.3 Å². The molecular weight excluding hydrogens is 230 g/mol. The summed E-state index contributed by atoms with van der Waals surface area (Å²) in [6, 6.07) is 7.13. The second-order valence-corrected chi connectivity index (χ2v) is 4.42. The predicted octanol–water partition coefficient (Wildman–Crippen LogP) is 2.08. The molecule has 0 aliphatic rings. The first-order chi connectivity index (χ1) is 8.56. The van der Waals surface area contributed by atoms with Crippen molar-refractivity contribution in [3.63, 3.8) is 0 Å². The first-order valence-corrected chi connectivity index (χ1v) is 6.18. The molecule has 2 atom stereocenters. The van der Waals surface area contributed by atoms with E-state index in [9.17, 15) is 9.90 Å². The Bertz CT molecular complexity index is 392. The fourth-order valence-corrected chi connectivity index (χ4v) is 1.71. The third-order valence-electron chi connectivity index (χ3n) is 2.97. The van der Waals surface area contributed by atoms with E-state index in [1.54, 1.807) is 7.11 Å². The quantitative estimate of drug-likeness (QED) is 0.779. The number of benzene rings is 1. The molecule has 0 radical (unpaired) electrons. The number of carboxylic acid groups (broad SMARTS) is 1. The first kappa shape index (κ1) is 14.5. The molecule has 0 fully saturated rings. The molecule has 18 heavy (non-hydrogen) atoms. The molecule has 0 saturated carbocycles. The molecule has 0 aliphatic heterocycles. The Morgan fingerprint density at radius 1 is 1.50 bits per heavy atom. The van der Waals surface area contributed by atoms with E-state index >= 15 is 0 Å². The smallest absolute Gasteiger partial charge is 0.321 e. The summed E-state index contributed by atoms with van der Waals surface area (Å²) in [6.45, 7) is 4.02. The van der Waals surface area contributed by atoms with Crippen molar-refractivity contribution in [2.45, 2.75) is 38.8 Å². The van der Waals surface area contributed by atoms with Crippen LogP contribution in [0.25, 0.3) is 0 Å². The van der Waals surface area contributed by atoms with Crippen molar-refractivity contribution >= 4 is 5.97 Å². The topological polar surface area (TPSA) is 58.6 Å². The van der Waals surface area contributed by atoms with Gasteiger partial charge >= 0.3 is 5.97 Å². The van der Waals surface area contributed by atoms with Crippen molar-refractivity contribution in [2.75, 3.05) is 7.11 Å². The number of aliphatic carboxylic acids is 1. The van der Waals surface area contributed by atoms with Gasteiger partial charge in [-0.3, -0.25) is 4.79 Å². The highest BCUT2D eigenvalue weighted by Crippen LogP contribution is 2.14. The van der Waals surface area contributed by atoms with Gasteiger partial charge in [0.15, 0.2) is 0 Å². The molecule has 0 bridgehead atoms. The lowest BCUT2D eigenvalue weighted by Gasteiger charge is -2.19. The summed E-state index contributed by atoms with van der Waals surface area (Å²) >= 11 is 0. The summed E-state index contributed by atoms with van der Waals surface area (Å²) in [7, 11) is 1.60. The van der Waals surface area contributed by atoms with Gasteiger partial charge in [0.05, 0.1) is 7.11 Å². The maximum absolute atomic E-state index is 11.2. The van der Waals surface area contributed by atoms with E-state index in [1.165, 1.54) is 0 Å². The fraction of sp³-hybridized carbons (Fsp3) is 0.500. The molecule has 0 spiro atoms. The highest BCUT2D eigenvalue weighted by Gasteiger charge is 2.19. The van der Waals surface area contributed by atoms with Gasteiger partial charge in [-0.05, 0) is 37.5 Å². The van der Waals surface area contributed by atoms with Crippen LogP contribution in [0.1, 0.15) is 25.8 Å². The summed E-state index contributed by atoms with van der Waals surface area (Å²) < 4.78 is 5.13. The van der Waals surface area contributed by atoms with Gasteiger partial charge in [-0.25, -0.2) is 0 Å². The van der Waals surface area contributed by atoms with Gasteiger partial charge in [0, 0.05) is 6.04 Å². The number of rotatable bonds is 7. The molecule has 100 valence electrons. The van der Waals surface area contributed by atoms with Crippen LogP contribution in [0.5, 0.6) is 5.75 Å². The van der Waals surface area contributed by atoms with Gasteiger partial charge in [0.2, 0.25) is 0 Å². The number of hydrogen-bond donors (Lipinski definition) is 2. The van der Waals surface area contributed by atoms with E-state index in [0.717, 1.165) is 17.7 Å². The average molecular weight is 251 g/mol. The molecule has 0 aromatic heterocycles. The number of hydrogen-bond acceptors (Lipinski definition) is 3. The highest BCUT2D eigenvalue weighted by molar-refractivity contribution is 5.74. The van der Waals surface area contributed by atoms with Gasteiger partial charge in [-0.1, -0.05) is 19.1 Å². The maximum atomic E-state index is 11.2. The Balaban J connectivity index is 2.73. The summed E-state index contributed by atoms with van der Waals surface area (Å²) in [4.78, 5) is 11.2. The van der Waals surface area contributed by atoms with Crippen molar-refractivity contribution in [1.82, 2.24) is 5.32 Å². The van der Waals surface area contributed by atoms with E-state index in [4.69, 9.17) is 4.74 Å². The van der Waals surface area contributed by atoms with Crippen molar-refractivity contribution in [3.05, 3.63) is 29.8 Å². The van der Waals surface area contributed by atoms with E-state index in [0.29, 0.717) is 6.42 Å². The van der Waals surface area contributed by atoms with Crippen LogP contribution in [0.15, 0.2) is 24.3 Å². The lowest BCUT2D eigenvalue weighted by Crippen LogP contribution is -2.43. The largest absolute Gasteiger partial charge is 0.497 e. The minimum absolute atomic E-state index is 0.191. The second-order valence-electron chi connectivity index (χ2n) is 4.42. The molecule has 0 aliphatic carbocycles. The second kappa shape index (κ2) is 7.01. The highest BCUT2D eigenvalue weighted by atomic mass is 16.5. The van der Waals surface area contributed by atoms with Gasteiger partial charge in [-0.15, -0.1) is 0 Å². The average Bonchev–Trinajstić information content (AvgIpc) is 2.37. The molecule has 0 amide bonds. The van der Waals surface area contributed by atoms with Crippen molar-refractivity contribution in [2.24, 2.45) is 0 Å². The molecule has 2 unspecified atom stereocenters. The number of carboxylic acids is 1. The fourth-order valence-electron chi connectivity index (χ4n) is 1.71. The molecule has 2 N–H and O–H groups in total. The Labute approximate surface area is 108 Å². The summed E-state index contributed by atoms with van der Waals surface area (Å²) in [5, 5.41) is 12.3. The zero-order valence-corrected chi connectivity index (χ0v) is 11.1. The molecule has 1 aromatic carbocycles. The summed E-state index contributed by atoms with van der Waals surface area (Å²) in [5.41, 5.74) is 0.956. The zero-order valence-electron chi connectivity index (χ0n) is 11.1. The van der Waals surface area contributed by atoms with Gasteiger partial charge < -0.3 is 15.2 Å². The minimum atomic E-state index is -0.821. The van der Waals surface area contributed by atoms with E-state index in [2.05, 4.69) is 5.32 Å². The van der Waals surface area contributed by atoms with Gasteiger partial charge in [0.1, 0.15) is 11.8 Å². The predicted molar refractivity (Wildman–Crippen MR) is 71.0 cm³/mol. The van der Waals surface area contributed by atoms with E-state index in [-0.39, 0.29) is 6.04 Å². The van der Waals surface area contributed by atoms with Gasteiger partial charge in [0.25, 0.3) is 0 Å². The molecule has 0 saturated heterocycles. The number of carbonyl (C=O) groups is 1. The van der Waals surface area contributed by atoms with Gasteiger partial charge in [-0.2, -0.15) is 0 Å². The molecule has 0 heterocycles. The third-order valence-corrected chi connectivity index (χ3v) is 2.97. The van der Waals surface area contributed by atoms with E-state index in [1.807, 2.05) is 38.1 Å². The first-order valence-electron chi connectivity index (χ1n) is 6.18. The Hall–Kier alpha value is -1.55. The molecular formula is C14H21NO3. The summed E-state index contributed by atoms with van der Waals surface area (Å²) in [5.74, 6) is -0.0710. The number of methoxy groups -OCH3 is 1. The normalized spacial score (nSPS) is 13.9. The maximum Gasteiger partial charge on any atom is 0.321 e. The van der Waals surface area contributed by atoms with Crippen LogP contribution in [-0.2, 0) is 11.2 Å². The SMILES string of the molecule is CCC(C)NC(Cc1cccc(OC)c1)C(=O)O. The van der Waals surface area contributed by atoms with Crippen LogP contribution in [0.4, 0.5) is 0 Å². The Morgan fingerprint density at radius 2 is 2.22 bits per heavy atom. The monoisotopic (exact) mass is 251 g/mol. The molecule has 4 heteroatoms. The van der Waals surface area contributed by atoms with Crippen molar-refractivity contribution in [3.8, 4) is 5.75 Å². The van der Waals surface area contributed by atoms with Crippen LogP contribution >= 0.6 is 0 Å². The number of nitrogens with one attached hydrogen (secondary N) is 1. The van der Waals surface area contributed by atoms with Crippen molar-refractivity contribution < 1.29 is 14.6 Å². The molecule has 4 nitrogen and oxygen atoms in total. The van der Waals surface area contributed by atoms with E-state index < -0.39 is 12.0 Å². The van der Waals surface area contributed by atoms with Crippen LogP contribution in [0.3, 0.4) is 0 Å². The lowest BCUT2D eigenvalue weighted by molar-refractivity contribution is -0.139. The minimum Gasteiger partial charge on any atom is -0.497 e. The standard InChI is InChI=1S/C14H21NO3/c1-4-10(2)15-13(14(16)17)9-11-6-5-7-12(8-11)18-3/h5-8,10,13,15H,4,9H2,1-3H3,(H,16,17). The van der Waals surface area contributed by atoms with Crippen LogP contribution < -0.4 is 10.1 Å². The Kier molecular flexibility index (Phi) is 5.65. The lowest BCUT2D eigenvalue weighted by atomic mass is 10.0. The number of ether oxygens (including phenoxy) is 1. The van der Waals surface area contributed by atoms with Crippen LogP contribution in [0, 0.1) is 0 Å². The van der Waals surface area contributed by atoms with Crippen LogP contribution in [0.2, 0.25) is 0 Å². The zero-order chi connectivity index (χ0) is 13.5. The molecule has 1 aromatic rings. The van der Waals surface area contributed by atoms with Crippen molar-refractivity contribution in [1.29, 1.82) is 0 Å². The summed E-state index contributed by atoms with van der Waals surface area (Å²) in [6.07, 6.45) is 1.36. The molecule has 1 rings (SSSR count).